The molecule has 1 aliphatic rings. The Labute approximate surface area is 131 Å². The molecule has 0 spiro atoms. The predicted molar refractivity (Wildman–Crippen MR) is 81.1 cm³/mol. The quantitative estimate of drug-likeness (QED) is 0.773. The summed E-state index contributed by atoms with van der Waals surface area (Å²) in [6.07, 6.45) is -0.0302. The van der Waals surface area contributed by atoms with E-state index in [4.69, 9.17) is 4.74 Å². The summed E-state index contributed by atoms with van der Waals surface area (Å²) in [6.45, 7) is 5.41. The molecule has 1 rings (SSSR count). The summed E-state index contributed by atoms with van der Waals surface area (Å²) in [7, 11) is -1.83. The van der Waals surface area contributed by atoms with E-state index in [1.165, 1.54) is 7.11 Å². The maximum atomic E-state index is 11.8. The van der Waals surface area contributed by atoms with Gasteiger partial charge in [-0.25, -0.2) is 13.2 Å². The van der Waals surface area contributed by atoms with Crippen LogP contribution in [0, 0.1) is 11.8 Å². The van der Waals surface area contributed by atoms with E-state index in [0.717, 1.165) is 0 Å². The number of rotatable bonds is 4. The number of sulfone groups is 1. The molecule has 0 unspecified atom stereocenters. The Bertz CT molecular complexity index is 508. The number of amides is 1. The number of hydrogen-bond donors (Lipinski definition) is 1. The highest BCUT2D eigenvalue weighted by atomic mass is 32.2. The van der Waals surface area contributed by atoms with Crippen molar-refractivity contribution >= 4 is 21.9 Å². The van der Waals surface area contributed by atoms with Crippen LogP contribution in [-0.4, -0.2) is 51.2 Å². The summed E-state index contributed by atoms with van der Waals surface area (Å²) >= 11 is 0. The molecule has 8 heteroatoms. The molecule has 0 aromatic rings. The van der Waals surface area contributed by atoms with E-state index >= 15 is 0 Å². The molecule has 1 amide bonds. The maximum absolute atomic E-state index is 11.8. The Balaban J connectivity index is 2.64. The molecule has 1 heterocycles. The highest BCUT2D eigenvalue weighted by molar-refractivity contribution is 7.91. The normalized spacial score (nSPS) is 24.4. The number of carbonyl (C=O) groups is 2. The molecule has 0 aliphatic carbocycles. The lowest BCUT2D eigenvalue weighted by molar-refractivity contribution is -0.142. The number of hydrogen-bond acceptors (Lipinski definition) is 6. The average molecular weight is 335 g/mol. The second-order valence-corrected chi connectivity index (χ2v) is 8.81. The second-order valence-electron chi connectivity index (χ2n) is 6.59. The van der Waals surface area contributed by atoms with Crippen LogP contribution in [0.5, 0.6) is 0 Å². The summed E-state index contributed by atoms with van der Waals surface area (Å²) in [6, 6.07) is 0. The third-order valence-corrected chi connectivity index (χ3v) is 5.29. The van der Waals surface area contributed by atoms with E-state index in [2.05, 4.69) is 10.1 Å². The molecule has 22 heavy (non-hydrogen) atoms. The van der Waals surface area contributed by atoms with Gasteiger partial charge in [-0.2, -0.15) is 0 Å². The molecule has 0 aromatic carbocycles. The fraction of sp³-hybridized carbons (Fsp3) is 0.857. The van der Waals surface area contributed by atoms with Gasteiger partial charge in [0.2, 0.25) is 0 Å². The van der Waals surface area contributed by atoms with Crippen LogP contribution >= 0.6 is 0 Å². The Hall–Kier alpha value is -1.31. The molecule has 1 aliphatic heterocycles. The SMILES string of the molecule is COC(=O)C[C@H]1CCS(=O)(=O)C[C@H]1CNC(=O)OC(C)(C)C. The number of nitrogens with one attached hydrogen (secondary N) is 1. The van der Waals surface area contributed by atoms with Crippen molar-refractivity contribution in [1.29, 1.82) is 0 Å². The van der Waals surface area contributed by atoms with Crippen LogP contribution in [-0.2, 0) is 24.1 Å². The first-order chi connectivity index (χ1) is 10.0. The summed E-state index contributed by atoms with van der Waals surface area (Å²) in [5.74, 6) is -0.773. The van der Waals surface area contributed by atoms with Gasteiger partial charge in [-0.3, -0.25) is 4.79 Å². The fourth-order valence-electron chi connectivity index (χ4n) is 2.43. The standard InChI is InChI=1S/C14H25NO6S/c1-14(2,3)21-13(17)15-8-11-9-22(18,19)6-5-10(11)7-12(16)20-4/h10-11H,5-9H2,1-4H3,(H,15,17)/t10-,11-/m1/s1. The molecule has 1 saturated heterocycles. The summed E-state index contributed by atoms with van der Waals surface area (Å²) in [4.78, 5) is 23.1. The van der Waals surface area contributed by atoms with Crippen LogP contribution in [0.15, 0.2) is 0 Å². The van der Waals surface area contributed by atoms with Gasteiger partial charge in [0.15, 0.2) is 9.84 Å². The van der Waals surface area contributed by atoms with Gasteiger partial charge in [0.1, 0.15) is 5.60 Å². The van der Waals surface area contributed by atoms with E-state index in [-0.39, 0.29) is 42.3 Å². The van der Waals surface area contributed by atoms with Crippen molar-refractivity contribution in [2.24, 2.45) is 11.8 Å². The molecule has 1 fully saturated rings. The number of methoxy groups -OCH3 is 1. The van der Waals surface area contributed by atoms with Crippen LogP contribution in [0.2, 0.25) is 0 Å². The van der Waals surface area contributed by atoms with Gasteiger partial charge in [0, 0.05) is 13.0 Å². The molecule has 7 nitrogen and oxygen atoms in total. The van der Waals surface area contributed by atoms with Crippen LogP contribution in [0.25, 0.3) is 0 Å². The highest BCUT2D eigenvalue weighted by Crippen LogP contribution is 2.28. The van der Waals surface area contributed by atoms with Crippen LogP contribution < -0.4 is 5.32 Å². The van der Waals surface area contributed by atoms with Crippen molar-refractivity contribution in [3.05, 3.63) is 0 Å². The van der Waals surface area contributed by atoms with E-state index in [9.17, 15) is 18.0 Å². The van der Waals surface area contributed by atoms with Gasteiger partial charge < -0.3 is 14.8 Å². The Morgan fingerprint density at radius 2 is 1.86 bits per heavy atom. The van der Waals surface area contributed by atoms with Gasteiger partial charge in [0.25, 0.3) is 0 Å². The summed E-state index contributed by atoms with van der Waals surface area (Å²) in [5.41, 5.74) is -0.617. The predicted octanol–water partition coefficient (Wildman–Crippen LogP) is 1.13. The third-order valence-electron chi connectivity index (χ3n) is 3.50. The van der Waals surface area contributed by atoms with E-state index in [1.807, 2.05) is 0 Å². The van der Waals surface area contributed by atoms with Crippen molar-refractivity contribution in [1.82, 2.24) is 5.32 Å². The number of alkyl carbamates (subject to hydrolysis) is 1. The average Bonchev–Trinajstić information content (AvgIpc) is 2.36. The fourth-order valence-corrected chi connectivity index (χ4v) is 4.30. The molecule has 0 saturated carbocycles. The lowest BCUT2D eigenvalue weighted by Crippen LogP contribution is -2.42. The molecule has 0 aromatic heterocycles. The molecule has 0 bridgehead atoms. The highest BCUT2D eigenvalue weighted by Gasteiger charge is 2.35. The zero-order chi connectivity index (χ0) is 17.0. The first-order valence-electron chi connectivity index (χ1n) is 7.26. The molecule has 0 radical (unpaired) electrons. The largest absolute Gasteiger partial charge is 0.469 e. The minimum atomic E-state index is -3.13. The van der Waals surface area contributed by atoms with Gasteiger partial charge in [-0.05, 0) is 39.0 Å². The first kappa shape index (κ1) is 18.7. The number of esters is 1. The Morgan fingerprint density at radius 3 is 2.41 bits per heavy atom. The summed E-state index contributed by atoms with van der Waals surface area (Å²) < 4.78 is 33.3. The van der Waals surface area contributed by atoms with Crippen molar-refractivity contribution in [2.45, 2.75) is 39.2 Å². The van der Waals surface area contributed by atoms with Crippen molar-refractivity contribution in [3.63, 3.8) is 0 Å². The van der Waals surface area contributed by atoms with Gasteiger partial charge in [-0.15, -0.1) is 0 Å². The topological polar surface area (TPSA) is 98.8 Å². The Kier molecular flexibility index (Phi) is 6.22. The van der Waals surface area contributed by atoms with Crippen LogP contribution in [0.1, 0.15) is 33.6 Å². The molecular weight excluding hydrogens is 310 g/mol. The van der Waals surface area contributed by atoms with Gasteiger partial charge in [-0.1, -0.05) is 0 Å². The smallest absolute Gasteiger partial charge is 0.407 e. The van der Waals surface area contributed by atoms with Crippen molar-refractivity contribution in [2.75, 3.05) is 25.2 Å². The number of carbonyl (C=O) groups excluding carboxylic acids is 2. The van der Waals surface area contributed by atoms with E-state index < -0.39 is 21.5 Å². The molecule has 1 N–H and O–H groups in total. The van der Waals surface area contributed by atoms with E-state index in [1.54, 1.807) is 20.8 Å². The Morgan fingerprint density at radius 1 is 1.23 bits per heavy atom. The molecular formula is C14H25NO6S. The lowest BCUT2D eigenvalue weighted by atomic mass is 9.88. The third kappa shape index (κ3) is 6.64. The van der Waals surface area contributed by atoms with Crippen molar-refractivity contribution < 1.29 is 27.5 Å². The second kappa shape index (κ2) is 7.30. The zero-order valence-electron chi connectivity index (χ0n) is 13.5. The lowest BCUT2D eigenvalue weighted by Gasteiger charge is -2.31. The molecule has 128 valence electrons. The molecule has 2 atom stereocenters. The number of ether oxygens (including phenoxy) is 2. The van der Waals surface area contributed by atoms with Gasteiger partial charge in [0.05, 0.1) is 18.6 Å². The minimum absolute atomic E-state index is 0.0372. The maximum Gasteiger partial charge on any atom is 0.407 e. The van der Waals surface area contributed by atoms with Crippen LogP contribution in [0.3, 0.4) is 0 Å². The van der Waals surface area contributed by atoms with Crippen LogP contribution in [0.4, 0.5) is 4.79 Å². The zero-order valence-corrected chi connectivity index (χ0v) is 14.4. The van der Waals surface area contributed by atoms with Crippen molar-refractivity contribution in [3.8, 4) is 0 Å². The summed E-state index contributed by atoms with van der Waals surface area (Å²) in [5, 5.41) is 2.59. The minimum Gasteiger partial charge on any atom is -0.469 e. The van der Waals surface area contributed by atoms with Gasteiger partial charge >= 0.3 is 12.1 Å². The monoisotopic (exact) mass is 335 g/mol. The van der Waals surface area contributed by atoms with E-state index in [0.29, 0.717) is 6.42 Å². The first-order valence-corrected chi connectivity index (χ1v) is 9.08.